The van der Waals surface area contributed by atoms with Crippen molar-refractivity contribution in [2.45, 2.75) is 136 Å². The number of esters is 2. The maximum atomic E-state index is 12.2. The van der Waals surface area contributed by atoms with Crippen molar-refractivity contribution in [3.63, 3.8) is 0 Å². The van der Waals surface area contributed by atoms with E-state index in [-0.39, 0.29) is 25.6 Å². The Morgan fingerprint density at radius 3 is 1.65 bits per heavy atom. The van der Waals surface area contributed by atoms with Gasteiger partial charge >= 0.3 is 19.8 Å². The summed E-state index contributed by atoms with van der Waals surface area (Å²) in [6.07, 6.45) is 18.1. The summed E-state index contributed by atoms with van der Waals surface area (Å²) < 4.78 is 33.6. The second-order valence-corrected chi connectivity index (χ2v) is 13.3. The minimum Gasteiger partial charge on any atom is -0.462 e. The molecule has 0 spiro atoms. The van der Waals surface area contributed by atoms with Gasteiger partial charge < -0.3 is 18.9 Å². The van der Waals surface area contributed by atoms with Gasteiger partial charge in [0.05, 0.1) is 27.7 Å². The van der Waals surface area contributed by atoms with Gasteiger partial charge in [-0.2, -0.15) is 0 Å². The zero-order valence-corrected chi connectivity index (χ0v) is 27.2. The van der Waals surface area contributed by atoms with Crippen molar-refractivity contribution < 1.29 is 42.1 Å². The van der Waals surface area contributed by atoms with Gasteiger partial charge in [-0.15, -0.1) is 0 Å². The zero-order chi connectivity index (χ0) is 30.1. The number of rotatable bonds is 28. The van der Waals surface area contributed by atoms with Crippen molar-refractivity contribution in [3.05, 3.63) is 0 Å². The highest BCUT2D eigenvalue weighted by Gasteiger charge is 2.27. The third-order valence-electron chi connectivity index (χ3n) is 6.64. The fourth-order valence-electron chi connectivity index (χ4n) is 4.07. The van der Waals surface area contributed by atoms with Gasteiger partial charge in [0.2, 0.25) is 0 Å². The van der Waals surface area contributed by atoms with Crippen LogP contribution in [0.5, 0.6) is 0 Å². The molecule has 10 heteroatoms. The lowest BCUT2D eigenvalue weighted by atomic mass is 10.0. The first kappa shape index (κ1) is 39.0. The Morgan fingerprint density at radius 2 is 1.12 bits per heavy atom. The van der Waals surface area contributed by atoms with Crippen molar-refractivity contribution in [1.29, 1.82) is 0 Å². The lowest BCUT2D eigenvalue weighted by Crippen LogP contribution is -2.37. The first-order valence-corrected chi connectivity index (χ1v) is 17.3. The maximum Gasteiger partial charge on any atom is 0.472 e. The third-order valence-corrected chi connectivity index (χ3v) is 7.62. The molecular weight excluding hydrogens is 533 g/mol. The van der Waals surface area contributed by atoms with Crippen molar-refractivity contribution in [3.8, 4) is 0 Å². The molecule has 0 aliphatic rings. The van der Waals surface area contributed by atoms with Gasteiger partial charge in [-0.1, -0.05) is 104 Å². The Bertz CT molecular complexity index is 683. The molecule has 0 bridgehead atoms. The number of ether oxygens (including phenoxy) is 2. The number of likely N-dealkylation sites (N-methyl/N-ethyl adjacent to an activating group) is 1. The van der Waals surface area contributed by atoms with Crippen LogP contribution >= 0.6 is 7.82 Å². The molecule has 0 saturated carbocycles. The normalized spacial score (nSPS) is 14.1. The molecule has 0 saturated heterocycles. The molecule has 0 aromatic rings. The lowest BCUT2D eigenvalue weighted by molar-refractivity contribution is -0.870. The van der Waals surface area contributed by atoms with Gasteiger partial charge in [-0.25, -0.2) is 4.57 Å². The molecule has 0 amide bonds. The van der Waals surface area contributed by atoms with Crippen molar-refractivity contribution >= 4 is 19.8 Å². The van der Waals surface area contributed by atoms with Crippen LogP contribution in [-0.4, -0.2) is 74.9 Å². The molecule has 9 nitrogen and oxygen atoms in total. The Kier molecular flexibility index (Phi) is 24.0. The number of unbranched alkanes of at least 4 members (excludes halogenated alkanes) is 14. The summed E-state index contributed by atoms with van der Waals surface area (Å²) in [5, 5.41) is 0. The van der Waals surface area contributed by atoms with E-state index in [1.807, 2.05) is 28.1 Å². The number of hydrogen-bond donors (Lipinski definition) is 1. The number of phosphoric ester groups is 1. The van der Waals surface area contributed by atoms with Gasteiger partial charge in [0.15, 0.2) is 6.10 Å². The molecule has 0 aliphatic heterocycles. The van der Waals surface area contributed by atoms with Crippen LogP contribution < -0.4 is 0 Å². The van der Waals surface area contributed by atoms with E-state index in [0.29, 0.717) is 23.9 Å². The Morgan fingerprint density at radius 1 is 0.675 bits per heavy atom. The molecular formula is C30H61NO8P+. The first-order valence-electron chi connectivity index (χ1n) is 15.8. The standard InChI is InChI=1S/C30H60NO8P/c1-6-8-10-11-12-13-14-15-16-17-18-19-21-22-29(32)36-26-28(39-30(33)23-20-9-7-2)27-38-40(34,35)37-25-24-31(3,4)5/h28H,6-27H2,1-5H3/p+1/t28-/m1/s1. The molecule has 2 atom stereocenters. The fourth-order valence-corrected chi connectivity index (χ4v) is 4.81. The molecule has 238 valence electrons. The van der Waals surface area contributed by atoms with E-state index >= 15 is 0 Å². The zero-order valence-electron chi connectivity index (χ0n) is 26.3. The predicted molar refractivity (Wildman–Crippen MR) is 160 cm³/mol. The van der Waals surface area contributed by atoms with Gasteiger partial charge in [0.1, 0.15) is 19.8 Å². The number of hydrogen-bond acceptors (Lipinski definition) is 7. The van der Waals surface area contributed by atoms with Gasteiger partial charge in [0, 0.05) is 12.8 Å². The van der Waals surface area contributed by atoms with Crippen LogP contribution in [0.2, 0.25) is 0 Å². The molecule has 0 fully saturated rings. The van der Waals surface area contributed by atoms with E-state index in [4.69, 9.17) is 18.5 Å². The topological polar surface area (TPSA) is 108 Å². The summed E-state index contributed by atoms with van der Waals surface area (Å²) in [7, 11) is 1.48. The van der Waals surface area contributed by atoms with Gasteiger partial charge in [-0.05, 0) is 12.8 Å². The van der Waals surface area contributed by atoms with E-state index in [0.717, 1.165) is 32.1 Å². The number of quaternary nitrogens is 1. The SMILES string of the molecule is CCCCCCCCCCCCCCCC(=O)OC[C@H](COP(=O)(O)OCC[N+](C)(C)C)OC(=O)CCCCC. The third kappa shape index (κ3) is 27.2. The molecule has 0 aromatic heterocycles. The molecule has 0 aromatic carbocycles. The molecule has 0 rings (SSSR count). The average Bonchev–Trinajstić information content (AvgIpc) is 2.87. The number of phosphoric acid groups is 1. The minimum absolute atomic E-state index is 0.0346. The van der Waals surface area contributed by atoms with E-state index in [2.05, 4.69) is 6.92 Å². The lowest BCUT2D eigenvalue weighted by Gasteiger charge is -2.24. The second kappa shape index (κ2) is 24.6. The van der Waals surface area contributed by atoms with Crippen LogP contribution in [0, 0.1) is 0 Å². The molecule has 0 radical (unpaired) electrons. The number of nitrogens with zero attached hydrogens (tertiary/aromatic N) is 1. The number of carbonyl (C=O) groups is 2. The molecule has 0 heterocycles. The van der Waals surface area contributed by atoms with E-state index in [1.54, 1.807) is 0 Å². The molecule has 40 heavy (non-hydrogen) atoms. The Balaban J connectivity index is 4.27. The van der Waals surface area contributed by atoms with Crippen LogP contribution in [0.4, 0.5) is 0 Å². The summed E-state index contributed by atoms with van der Waals surface area (Å²) >= 11 is 0. The smallest absolute Gasteiger partial charge is 0.462 e. The van der Waals surface area contributed by atoms with Crippen molar-refractivity contribution in [2.24, 2.45) is 0 Å². The largest absolute Gasteiger partial charge is 0.472 e. The highest BCUT2D eigenvalue weighted by atomic mass is 31.2. The molecule has 1 unspecified atom stereocenters. The summed E-state index contributed by atoms with van der Waals surface area (Å²) in [6, 6.07) is 0. The molecule has 1 N–H and O–H groups in total. The van der Waals surface area contributed by atoms with Gasteiger partial charge in [-0.3, -0.25) is 18.6 Å². The van der Waals surface area contributed by atoms with E-state index in [9.17, 15) is 19.0 Å². The summed E-state index contributed by atoms with van der Waals surface area (Å²) in [6.45, 7) is 4.21. The Hall–Kier alpha value is -0.990. The highest BCUT2D eigenvalue weighted by Crippen LogP contribution is 2.43. The summed E-state index contributed by atoms with van der Waals surface area (Å²) in [4.78, 5) is 34.4. The van der Waals surface area contributed by atoms with E-state index < -0.39 is 26.5 Å². The van der Waals surface area contributed by atoms with Crippen LogP contribution in [0.25, 0.3) is 0 Å². The summed E-state index contributed by atoms with van der Waals surface area (Å²) in [5.41, 5.74) is 0. The second-order valence-electron chi connectivity index (χ2n) is 11.9. The highest BCUT2D eigenvalue weighted by molar-refractivity contribution is 7.47. The van der Waals surface area contributed by atoms with Crippen LogP contribution in [0.1, 0.15) is 129 Å². The molecule has 0 aliphatic carbocycles. The quantitative estimate of drug-likeness (QED) is 0.0434. The number of carbonyl (C=O) groups excluding carboxylic acids is 2. The Labute approximate surface area is 244 Å². The van der Waals surface area contributed by atoms with Crippen LogP contribution in [-0.2, 0) is 32.7 Å². The van der Waals surface area contributed by atoms with Crippen LogP contribution in [0.15, 0.2) is 0 Å². The summed E-state index contributed by atoms with van der Waals surface area (Å²) in [5.74, 6) is -0.824. The van der Waals surface area contributed by atoms with Crippen molar-refractivity contribution in [1.82, 2.24) is 0 Å². The van der Waals surface area contributed by atoms with E-state index in [1.165, 1.54) is 64.2 Å². The van der Waals surface area contributed by atoms with Crippen molar-refractivity contribution in [2.75, 3.05) is 47.5 Å². The average molecular weight is 595 g/mol. The maximum absolute atomic E-state index is 12.2. The van der Waals surface area contributed by atoms with Gasteiger partial charge in [0.25, 0.3) is 0 Å². The van der Waals surface area contributed by atoms with Crippen LogP contribution in [0.3, 0.4) is 0 Å². The monoisotopic (exact) mass is 594 g/mol. The predicted octanol–water partition coefficient (Wildman–Crippen LogP) is 7.34. The fraction of sp³-hybridized carbons (Fsp3) is 0.933. The first-order chi connectivity index (χ1) is 19.0. The minimum atomic E-state index is -4.34.